The van der Waals surface area contributed by atoms with E-state index in [4.69, 9.17) is 4.42 Å². The molecule has 0 amide bonds. The number of hydrogen-bond acceptors (Lipinski definition) is 7. The summed E-state index contributed by atoms with van der Waals surface area (Å²) in [4.78, 5) is 19.4. The minimum Gasteiger partial charge on any atom is -0.422 e. The predicted octanol–water partition coefficient (Wildman–Crippen LogP) is 0.967. The highest BCUT2D eigenvalue weighted by atomic mass is 16.4. The summed E-state index contributed by atoms with van der Waals surface area (Å²) in [5.41, 5.74) is 1.06. The van der Waals surface area contributed by atoms with Gasteiger partial charge in [-0.15, -0.1) is 0 Å². The lowest BCUT2D eigenvalue weighted by atomic mass is 10.4. The molecular weight excluding hydrogens is 284 g/mol. The third-order valence-electron chi connectivity index (χ3n) is 3.38. The molecule has 116 valence electrons. The molecule has 0 saturated heterocycles. The molecule has 8 nitrogen and oxygen atoms in total. The SMILES string of the molecule is Cc1nc(N(CCO)Cc2nccn2C)c2nc(C)oc2n1. The molecule has 0 aliphatic heterocycles. The fourth-order valence-corrected chi connectivity index (χ4v) is 2.34. The van der Waals surface area contributed by atoms with E-state index in [2.05, 4.69) is 19.9 Å². The van der Waals surface area contributed by atoms with Crippen molar-refractivity contribution in [3.8, 4) is 0 Å². The Hall–Kier alpha value is -2.48. The van der Waals surface area contributed by atoms with Crippen LogP contribution in [0.3, 0.4) is 0 Å². The number of nitrogens with zero attached hydrogens (tertiary/aromatic N) is 6. The van der Waals surface area contributed by atoms with Crippen LogP contribution in [0.4, 0.5) is 5.82 Å². The van der Waals surface area contributed by atoms with Gasteiger partial charge in [0.15, 0.2) is 17.2 Å². The van der Waals surface area contributed by atoms with Crippen LogP contribution in [0.2, 0.25) is 0 Å². The van der Waals surface area contributed by atoms with E-state index in [0.29, 0.717) is 41.9 Å². The summed E-state index contributed by atoms with van der Waals surface area (Å²) in [5, 5.41) is 9.39. The maximum atomic E-state index is 9.39. The van der Waals surface area contributed by atoms with E-state index in [9.17, 15) is 5.11 Å². The van der Waals surface area contributed by atoms with Gasteiger partial charge in [-0.25, -0.2) is 15.0 Å². The molecule has 0 aromatic carbocycles. The fourth-order valence-electron chi connectivity index (χ4n) is 2.34. The number of rotatable bonds is 5. The number of aromatic nitrogens is 5. The lowest BCUT2D eigenvalue weighted by molar-refractivity contribution is 0.300. The highest BCUT2D eigenvalue weighted by Crippen LogP contribution is 2.25. The van der Waals surface area contributed by atoms with Gasteiger partial charge in [0.2, 0.25) is 0 Å². The van der Waals surface area contributed by atoms with Crippen molar-refractivity contribution in [1.82, 2.24) is 24.5 Å². The number of aliphatic hydroxyl groups excluding tert-OH is 1. The molecular formula is C14H18N6O2. The number of anilines is 1. The lowest BCUT2D eigenvalue weighted by Gasteiger charge is -2.22. The van der Waals surface area contributed by atoms with Crippen LogP contribution in [-0.2, 0) is 13.6 Å². The standard InChI is InChI=1S/C14H18N6O2/c1-9-16-13(12-14(17-9)22-10(2)18-12)20(6-7-21)8-11-15-4-5-19(11)3/h4-5,21H,6-8H2,1-3H3. The van der Waals surface area contributed by atoms with Crippen molar-refractivity contribution in [2.45, 2.75) is 20.4 Å². The van der Waals surface area contributed by atoms with Gasteiger partial charge in [-0.1, -0.05) is 0 Å². The van der Waals surface area contributed by atoms with Gasteiger partial charge in [0, 0.05) is 32.9 Å². The molecule has 0 bridgehead atoms. The molecule has 1 N–H and O–H groups in total. The quantitative estimate of drug-likeness (QED) is 0.750. The Balaban J connectivity index is 2.06. The highest BCUT2D eigenvalue weighted by Gasteiger charge is 2.19. The zero-order valence-electron chi connectivity index (χ0n) is 12.8. The van der Waals surface area contributed by atoms with Crippen LogP contribution in [0.25, 0.3) is 11.2 Å². The highest BCUT2D eigenvalue weighted by molar-refractivity contribution is 5.82. The number of hydrogen-bond donors (Lipinski definition) is 1. The van der Waals surface area contributed by atoms with E-state index in [-0.39, 0.29) is 6.61 Å². The van der Waals surface area contributed by atoms with Gasteiger partial charge < -0.3 is 19.0 Å². The summed E-state index contributed by atoms with van der Waals surface area (Å²) in [6.45, 7) is 4.52. The first kappa shape index (κ1) is 14.5. The Morgan fingerprint density at radius 2 is 2.09 bits per heavy atom. The first-order valence-corrected chi connectivity index (χ1v) is 7.02. The summed E-state index contributed by atoms with van der Waals surface area (Å²) in [6, 6.07) is 0. The van der Waals surface area contributed by atoms with Gasteiger partial charge >= 0.3 is 0 Å². The van der Waals surface area contributed by atoms with Crippen LogP contribution in [0.5, 0.6) is 0 Å². The van der Waals surface area contributed by atoms with Gasteiger partial charge in [-0.2, -0.15) is 4.98 Å². The van der Waals surface area contributed by atoms with Gasteiger partial charge in [0.1, 0.15) is 11.6 Å². The largest absolute Gasteiger partial charge is 0.422 e. The molecule has 0 unspecified atom stereocenters. The van der Waals surface area contributed by atoms with E-state index in [1.54, 1.807) is 20.0 Å². The van der Waals surface area contributed by atoms with Crippen molar-refractivity contribution >= 4 is 17.0 Å². The van der Waals surface area contributed by atoms with Crippen LogP contribution >= 0.6 is 0 Å². The van der Waals surface area contributed by atoms with Crippen molar-refractivity contribution in [1.29, 1.82) is 0 Å². The van der Waals surface area contributed by atoms with E-state index in [1.807, 2.05) is 22.7 Å². The van der Waals surface area contributed by atoms with Crippen LogP contribution in [-0.4, -0.2) is 42.8 Å². The summed E-state index contributed by atoms with van der Waals surface area (Å²) in [7, 11) is 1.93. The molecule has 0 atom stereocenters. The van der Waals surface area contributed by atoms with Gasteiger partial charge in [-0.05, 0) is 6.92 Å². The Bertz CT molecular complexity index is 794. The molecule has 3 aromatic rings. The molecule has 3 aromatic heterocycles. The molecule has 8 heteroatoms. The van der Waals surface area contributed by atoms with Crippen LogP contribution < -0.4 is 4.90 Å². The fraction of sp³-hybridized carbons (Fsp3) is 0.429. The van der Waals surface area contributed by atoms with E-state index >= 15 is 0 Å². The first-order chi connectivity index (χ1) is 10.6. The van der Waals surface area contributed by atoms with Crippen molar-refractivity contribution < 1.29 is 9.52 Å². The second kappa shape index (κ2) is 5.72. The Labute approximate surface area is 127 Å². The monoisotopic (exact) mass is 302 g/mol. The van der Waals surface area contributed by atoms with Crippen molar-refractivity contribution in [2.24, 2.45) is 7.05 Å². The number of imidazole rings is 1. The maximum absolute atomic E-state index is 9.39. The van der Waals surface area contributed by atoms with Crippen molar-refractivity contribution in [3.05, 3.63) is 29.9 Å². The van der Waals surface area contributed by atoms with Gasteiger partial charge in [0.05, 0.1) is 13.2 Å². The topological polar surface area (TPSA) is 93.1 Å². The minimum atomic E-state index is 0.00575. The van der Waals surface area contributed by atoms with E-state index in [1.165, 1.54) is 0 Å². The number of fused-ring (bicyclic) bond motifs is 1. The number of oxazole rings is 1. The molecule has 0 saturated carbocycles. The minimum absolute atomic E-state index is 0.00575. The average Bonchev–Trinajstić information content (AvgIpc) is 3.03. The third-order valence-corrected chi connectivity index (χ3v) is 3.38. The maximum Gasteiger partial charge on any atom is 0.252 e. The first-order valence-electron chi connectivity index (χ1n) is 7.02. The Kier molecular flexibility index (Phi) is 3.76. The molecule has 0 fully saturated rings. The predicted molar refractivity (Wildman–Crippen MR) is 80.4 cm³/mol. The summed E-state index contributed by atoms with van der Waals surface area (Å²) in [6.07, 6.45) is 3.63. The van der Waals surface area contributed by atoms with Crippen LogP contribution in [0, 0.1) is 13.8 Å². The Morgan fingerprint density at radius 1 is 1.27 bits per heavy atom. The molecule has 0 radical (unpaired) electrons. The molecule has 3 rings (SSSR count). The van der Waals surface area contributed by atoms with Crippen molar-refractivity contribution in [3.63, 3.8) is 0 Å². The number of aryl methyl sites for hydroxylation is 3. The van der Waals surface area contributed by atoms with Crippen LogP contribution in [0.15, 0.2) is 16.8 Å². The van der Waals surface area contributed by atoms with E-state index in [0.717, 1.165) is 5.82 Å². The number of aliphatic hydroxyl groups is 1. The summed E-state index contributed by atoms with van der Waals surface area (Å²) < 4.78 is 7.44. The molecule has 0 aliphatic rings. The molecule has 3 heterocycles. The Morgan fingerprint density at radius 3 is 2.77 bits per heavy atom. The van der Waals surface area contributed by atoms with Gasteiger partial charge in [0.25, 0.3) is 5.71 Å². The van der Waals surface area contributed by atoms with Crippen molar-refractivity contribution in [2.75, 3.05) is 18.1 Å². The second-order valence-corrected chi connectivity index (χ2v) is 5.08. The zero-order valence-corrected chi connectivity index (χ0v) is 12.8. The lowest BCUT2D eigenvalue weighted by Crippen LogP contribution is -2.29. The normalized spacial score (nSPS) is 11.3. The van der Waals surface area contributed by atoms with Crippen LogP contribution in [0.1, 0.15) is 17.5 Å². The molecule has 0 aliphatic carbocycles. The second-order valence-electron chi connectivity index (χ2n) is 5.08. The molecule has 0 spiro atoms. The molecule has 22 heavy (non-hydrogen) atoms. The summed E-state index contributed by atoms with van der Waals surface area (Å²) >= 11 is 0. The third kappa shape index (κ3) is 2.64. The zero-order chi connectivity index (χ0) is 15.7. The average molecular weight is 302 g/mol. The smallest absolute Gasteiger partial charge is 0.252 e. The van der Waals surface area contributed by atoms with Gasteiger partial charge in [-0.3, -0.25) is 0 Å². The van der Waals surface area contributed by atoms with E-state index < -0.39 is 0 Å². The summed E-state index contributed by atoms with van der Waals surface area (Å²) in [5.74, 6) is 2.66.